The maximum Gasteiger partial charge on any atom is 0.209 e. The number of aromatic nitrogens is 4. The van der Waals surface area contributed by atoms with Crippen LogP contribution < -0.4 is 10.2 Å². The van der Waals surface area contributed by atoms with Crippen LogP contribution in [-0.2, 0) is 13.6 Å². The van der Waals surface area contributed by atoms with E-state index in [1.165, 1.54) is 11.3 Å². The molecule has 0 saturated heterocycles. The summed E-state index contributed by atoms with van der Waals surface area (Å²) in [5.74, 6) is 0.948. The predicted octanol–water partition coefficient (Wildman–Crippen LogP) is 1.58. The van der Waals surface area contributed by atoms with Gasteiger partial charge in [-0.2, -0.15) is 0 Å². The van der Waals surface area contributed by atoms with Crippen LogP contribution in [0, 0.1) is 0 Å². The van der Waals surface area contributed by atoms with Crippen molar-refractivity contribution in [2.75, 3.05) is 31.3 Å². The summed E-state index contributed by atoms with van der Waals surface area (Å²) in [5, 5.41) is 15.6. The van der Waals surface area contributed by atoms with Crippen molar-refractivity contribution in [1.82, 2.24) is 25.5 Å². The van der Waals surface area contributed by atoms with Crippen molar-refractivity contribution >= 4 is 29.9 Å². The van der Waals surface area contributed by atoms with E-state index in [2.05, 4.69) is 50.0 Å². The molecule has 2 rings (SSSR count). The minimum absolute atomic E-state index is 0. The molecule has 21 heavy (non-hydrogen) atoms. The molecule has 1 heterocycles. The molecule has 0 spiro atoms. The van der Waals surface area contributed by atoms with Crippen LogP contribution in [0.5, 0.6) is 0 Å². The van der Waals surface area contributed by atoms with Crippen LogP contribution >= 0.6 is 24.2 Å². The molecule has 0 fully saturated rings. The number of anilines is 1. The van der Waals surface area contributed by atoms with Crippen molar-refractivity contribution in [2.24, 2.45) is 7.05 Å². The zero-order valence-corrected chi connectivity index (χ0v) is 14.1. The summed E-state index contributed by atoms with van der Waals surface area (Å²) in [5.41, 5.74) is 2.51. The molecule has 1 aromatic heterocycles. The van der Waals surface area contributed by atoms with Crippen LogP contribution in [0.15, 0.2) is 29.4 Å². The normalized spacial score (nSPS) is 10.2. The Kier molecular flexibility index (Phi) is 7.49. The molecule has 0 aliphatic rings. The Hall–Kier alpha value is -1.31. The first kappa shape index (κ1) is 17.7. The number of hydrogen-bond donors (Lipinski definition) is 1. The van der Waals surface area contributed by atoms with Crippen molar-refractivity contribution in [2.45, 2.75) is 11.7 Å². The van der Waals surface area contributed by atoms with Gasteiger partial charge < -0.3 is 10.2 Å². The lowest BCUT2D eigenvalue weighted by atomic mass is 10.2. The molecule has 0 atom stereocenters. The van der Waals surface area contributed by atoms with Gasteiger partial charge in [-0.25, -0.2) is 4.68 Å². The van der Waals surface area contributed by atoms with Gasteiger partial charge in [0.2, 0.25) is 5.16 Å². The molecule has 0 aliphatic carbocycles. The van der Waals surface area contributed by atoms with E-state index in [1.54, 1.807) is 16.4 Å². The van der Waals surface area contributed by atoms with Gasteiger partial charge in [-0.05, 0) is 28.1 Å². The molecule has 8 heteroatoms. The highest BCUT2D eigenvalue weighted by Gasteiger charge is 2.01. The van der Waals surface area contributed by atoms with Crippen molar-refractivity contribution < 1.29 is 0 Å². The lowest BCUT2D eigenvalue weighted by Crippen LogP contribution is -2.17. The topological polar surface area (TPSA) is 58.9 Å². The first-order chi connectivity index (χ1) is 9.66. The standard InChI is InChI=1S/C13H20N6S.ClH/c1-18(2)12-6-4-11(5-7-12)10-14-8-9-20-13-15-16-17-19(13)3;/h4-7,14H,8-10H2,1-3H3;1H. The summed E-state index contributed by atoms with van der Waals surface area (Å²) in [4.78, 5) is 2.10. The quantitative estimate of drug-likeness (QED) is 0.615. The zero-order valence-electron chi connectivity index (χ0n) is 12.5. The van der Waals surface area contributed by atoms with Crippen LogP contribution in [0.25, 0.3) is 0 Å². The number of nitrogens with zero attached hydrogens (tertiary/aromatic N) is 5. The summed E-state index contributed by atoms with van der Waals surface area (Å²) in [6.45, 7) is 1.80. The van der Waals surface area contributed by atoms with Crippen LogP contribution in [0.4, 0.5) is 5.69 Å². The molecule has 0 saturated carbocycles. The summed E-state index contributed by atoms with van der Waals surface area (Å²) in [7, 11) is 5.94. The molecule has 6 nitrogen and oxygen atoms in total. The highest BCUT2D eigenvalue weighted by atomic mass is 35.5. The second-order valence-electron chi connectivity index (χ2n) is 4.67. The van der Waals surface area contributed by atoms with E-state index in [-0.39, 0.29) is 12.4 Å². The van der Waals surface area contributed by atoms with Gasteiger partial charge in [0.15, 0.2) is 0 Å². The summed E-state index contributed by atoms with van der Waals surface area (Å²) < 4.78 is 1.69. The highest BCUT2D eigenvalue weighted by molar-refractivity contribution is 7.99. The number of tetrazole rings is 1. The Morgan fingerprint density at radius 2 is 1.95 bits per heavy atom. The fourth-order valence-electron chi connectivity index (χ4n) is 1.70. The number of hydrogen-bond acceptors (Lipinski definition) is 6. The molecule has 116 valence electrons. The summed E-state index contributed by atoms with van der Waals surface area (Å²) in [6, 6.07) is 8.58. The van der Waals surface area contributed by atoms with Crippen LogP contribution in [0.1, 0.15) is 5.56 Å². The third kappa shape index (κ3) is 5.53. The second-order valence-corrected chi connectivity index (χ2v) is 5.73. The predicted molar refractivity (Wildman–Crippen MR) is 89.2 cm³/mol. The largest absolute Gasteiger partial charge is 0.378 e. The molecule has 0 unspecified atom stereocenters. The SMILES string of the molecule is CN(C)c1ccc(CNCCSc2nnnn2C)cc1.Cl. The average molecular weight is 329 g/mol. The van der Waals surface area contributed by atoms with E-state index in [9.17, 15) is 0 Å². The van der Waals surface area contributed by atoms with Gasteiger partial charge in [0, 0.05) is 45.7 Å². The van der Waals surface area contributed by atoms with Gasteiger partial charge in [-0.3, -0.25) is 0 Å². The first-order valence-corrected chi connectivity index (χ1v) is 7.47. The fraction of sp³-hybridized carbons (Fsp3) is 0.462. The smallest absolute Gasteiger partial charge is 0.209 e. The second kappa shape index (κ2) is 8.86. The Labute approximate surface area is 135 Å². The van der Waals surface area contributed by atoms with Gasteiger partial charge in [-0.15, -0.1) is 17.5 Å². The minimum Gasteiger partial charge on any atom is -0.378 e. The number of rotatable bonds is 7. The minimum atomic E-state index is 0. The number of halogens is 1. The van der Waals surface area contributed by atoms with Crippen molar-refractivity contribution in [1.29, 1.82) is 0 Å². The number of thioether (sulfide) groups is 1. The third-order valence-corrected chi connectivity index (χ3v) is 3.89. The number of aryl methyl sites for hydroxylation is 1. The van der Waals surface area contributed by atoms with Gasteiger partial charge in [0.05, 0.1) is 0 Å². The monoisotopic (exact) mass is 328 g/mol. The molecular formula is C13H21ClN6S. The van der Waals surface area contributed by atoms with E-state index in [4.69, 9.17) is 0 Å². The Balaban J connectivity index is 0.00000220. The van der Waals surface area contributed by atoms with E-state index in [0.29, 0.717) is 0 Å². The maximum absolute atomic E-state index is 3.93. The lowest BCUT2D eigenvalue weighted by molar-refractivity contribution is 0.663. The van der Waals surface area contributed by atoms with Crippen LogP contribution in [0.2, 0.25) is 0 Å². The van der Waals surface area contributed by atoms with Crippen LogP contribution in [0.3, 0.4) is 0 Å². The molecule has 0 aliphatic heterocycles. The molecule has 0 radical (unpaired) electrons. The third-order valence-electron chi connectivity index (χ3n) is 2.87. The Bertz CT molecular complexity index is 528. The fourth-order valence-corrected chi connectivity index (χ4v) is 2.45. The molecule has 1 N–H and O–H groups in total. The molecular weight excluding hydrogens is 308 g/mol. The van der Waals surface area contributed by atoms with E-state index in [1.807, 2.05) is 21.1 Å². The van der Waals surface area contributed by atoms with Gasteiger partial charge in [0.1, 0.15) is 0 Å². The lowest BCUT2D eigenvalue weighted by Gasteiger charge is -2.12. The molecule has 0 bridgehead atoms. The first-order valence-electron chi connectivity index (χ1n) is 6.49. The Morgan fingerprint density at radius 1 is 1.24 bits per heavy atom. The number of benzene rings is 1. The van der Waals surface area contributed by atoms with Crippen molar-refractivity contribution in [3.05, 3.63) is 29.8 Å². The maximum atomic E-state index is 3.93. The van der Waals surface area contributed by atoms with Crippen molar-refractivity contribution in [3.8, 4) is 0 Å². The molecule has 0 amide bonds. The zero-order chi connectivity index (χ0) is 14.4. The average Bonchev–Trinajstić information content (AvgIpc) is 2.84. The van der Waals surface area contributed by atoms with Gasteiger partial charge in [0.25, 0.3) is 0 Å². The van der Waals surface area contributed by atoms with Gasteiger partial charge >= 0.3 is 0 Å². The molecule has 1 aromatic carbocycles. The summed E-state index contributed by atoms with van der Waals surface area (Å²) >= 11 is 1.65. The van der Waals surface area contributed by atoms with E-state index < -0.39 is 0 Å². The van der Waals surface area contributed by atoms with E-state index in [0.717, 1.165) is 24.0 Å². The molecule has 2 aromatic rings. The summed E-state index contributed by atoms with van der Waals surface area (Å²) in [6.07, 6.45) is 0. The van der Waals surface area contributed by atoms with Crippen LogP contribution in [-0.4, -0.2) is 46.6 Å². The van der Waals surface area contributed by atoms with E-state index >= 15 is 0 Å². The number of nitrogens with one attached hydrogen (secondary N) is 1. The highest BCUT2D eigenvalue weighted by Crippen LogP contribution is 2.13. The Morgan fingerprint density at radius 3 is 2.52 bits per heavy atom. The van der Waals surface area contributed by atoms with Gasteiger partial charge in [-0.1, -0.05) is 23.9 Å². The van der Waals surface area contributed by atoms with Crippen molar-refractivity contribution in [3.63, 3.8) is 0 Å².